The Hall–Kier alpha value is -2.51. The summed E-state index contributed by atoms with van der Waals surface area (Å²) in [5.74, 6) is 0.737. The second kappa shape index (κ2) is 6.18. The number of hydrogen-bond acceptors (Lipinski definition) is 5. The molecule has 0 unspecified atom stereocenters. The van der Waals surface area contributed by atoms with Crippen LogP contribution in [0.4, 0.5) is 16.2 Å². The maximum atomic E-state index is 11.3. The van der Waals surface area contributed by atoms with E-state index in [1.165, 1.54) is 12.0 Å². The molecule has 1 aromatic rings. The van der Waals surface area contributed by atoms with Crippen molar-refractivity contribution in [3.8, 4) is 5.75 Å². The van der Waals surface area contributed by atoms with E-state index in [2.05, 4.69) is 4.90 Å². The van der Waals surface area contributed by atoms with E-state index in [0.29, 0.717) is 30.9 Å². The first kappa shape index (κ1) is 16.4. The van der Waals surface area contributed by atoms with Gasteiger partial charge in [0, 0.05) is 31.7 Å². The Balaban J connectivity index is 1.95. The summed E-state index contributed by atoms with van der Waals surface area (Å²) in [5.41, 5.74) is 1.59. The van der Waals surface area contributed by atoms with E-state index >= 15 is 0 Å². The molecule has 1 aromatic carbocycles. The second-order valence-electron chi connectivity index (χ2n) is 6.35. The zero-order valence-corrected chi connectivity index (χ0v) is 13.8. The topological polar surface area (TPSA) is 96.2 Å². The van der Waals surface area contributed by atoms with Crippen molar-refractivity contribution in [3.63, 3.8) is 0 Å². The van der Waals surface area contributed by atoms with Crippen LogP contribution in [0, 0.1) is 10.1 Å². The van der Waals surface area contributed by atoms with E-state index in [9.17, 15) is 20.0 Å². The second-order valence-corrected chi connectivity index (χ2v) is 6.35. The SMILES string of the molecule is COc1c(N2CCN(C(=O)O)[C@H](C)C2)ccc([N+](=O)[O-])c1C1CC1. The van der Waals surface area contributed by atoms with E-state index in [0.717, 1.165) is 18.5 Å². The minimum atomic E-state index is -0.920. The lowest BCUT2D eigenvalue weighted by Gasteiger charge is -2.40. The maximum absolute atomic E-state index is 11.3. The van der Waals surface area contributed by atoms with Gasteiger partial charge in [0.25, 0.3) is 5.69 Å². The van der Waals surface area contributed by atoms with E-state index in [-0.39, 0.29) is 22.6 Å². The summed E-state index contributed by atoms with van der Waals surface area (Å²) in [7, 11) is 1.53. The number of piperazine rings is 1. The number of carbonyl (C=O) groups is 1. The van der Waals surface area contributed by atoms with E-state index < -0.39 is 6.09 Å². The van der Waals surface area contributed by atoms with Crippen LogP contribution in [0.2, 0.25) is 0 Å². The molecule has 0 aromatic heterocycles. The summed E-state index contributed by atoms with van der Waals surface area (Å²) >= 11 is 0. The summed E-state index contributed by atoms with van der Waals surface area (Å²) in [5, 5.41) is 20.5. The van der Waals surface area contributed by atoms with E-state index in [1.54, 1.807) is 12.1 Å². The number of rotatable bonds is 4. The number of amides is 1. The lowest BCUT2D eigenvalue weighted by Crippen LogP contribution is -2.53. The van der Waals surface area contributed by atoms with Gasteiger partial charge in [-0.1, -0.05) is 0 Å². The van der Waals surface area contributed by atoms with Crippen LogP contribution in [0.5, 0.6) is 5.75 Å². The molecule has 0 spiro atoms. The Bertz CT molecular complexity index is 674. The summed E-state index contributed by atoms with van der Waals surface area (Å²) in [4.78, 5) is 25.7. The van der Waals surface area contributed by atoms with Crippen molar-refractivity contribution < 1.29 is 19.6 Å². The predicted molar refractivity (Wildman–Crippen MR) is 88.0 cm³/mol. The van der Waals surface area contributed by atoms with Crippen molar-refractivity contribution in [1.82, 2.24) is 4.90 Å². The van der Waals surface area contributed by atoms with Crippen LogP contribution in [0.15, 0.2) is 12.1 Å². The van der Waals surface area contributed by atoms with Gasteiger partial charge < -0.3 is 19.6 Å². The molecule has 2 aliphatic rings. The maximum Gasteiger partial charge on any atom is 0.407 e. The van der Waals surface area contributed by atoms with Crippen molar-refractivity contribution >= 4 is 17.5 Å². The molecule has 1 amide bonds. The highest BCUT2D eigenvalue weighted by Crippen LogP contribution is 2.51. The molecule has 8 heteroatoms. The summed E-state index contributed by atoms with van der Waals surface area (Å²) in [6, 6.07) is 3.10. The first-order valence-corrected chi connectivity index (χ1v) is 8.03. The van der Waals surface area contributed by atoms with Crippen molar-refractivity contribution in [3.05, 3.63) is 27.8 Å². The fourth-order valence-corrected chi connectivity index (χ4v) is 3.43. The van der Waals surface area contributed by atoms with Crippen LogP contribution in [0.1, 0.15) is 31.2 Å². The molecule has 1 N–H and O–H groups in total. The molecule has 130 valence electrons. The lowest BCUT2D eigenvalue weighted by atomic mass is 10.0. The number of carboxylic acid groups (broad SMARTS) is 1. The highest BCUT2D eigenvalue weighted by molar-refractivity contribution is 5.70. The molecule has 1 saturated carbocycles. The minimum Gasteiger partial charge on any atom is -0.494 e. The number of ether oxygens (including phenoxy) is 1. The zero-order valence-electron chi connectivity index (χ0n) is 13.8. The van der Waals surface area contributed by atoms with Crippen molar-refractivity contribution in [2.75, 3.05) is 31.6 Å². The largest absolute Gasteiger partial charge is 0.494 e. The summed E-state index contributed by atoms with van der Waals surface area (Å²) in [6.45, 7) is 3.33. The Morgan fingerprint density at radius 1 is 1.38 bits per heavy atom. The average Bonchev–Trinajstić information content (AvgIpc) is 3.37. The van der Waals surface area contributed by atoms with Crippen LogP contribution < -0.4 is 9.64 Å². The molecular formula is C16H21N3O5. The number of nitrogens with zero attached hydrogens (tertiary/aromatic N) is 3. The van der Waals surface area contributed by atoms with Crippen LogP contribution >= 0.6 is 0 Å². The van der Waals surface area contributed by atoms with Gasteiger partial charge in [0.1, 0.15) is 0 Å². The molecule has 3 rings (SSSR count). The Labute approximate surface area is 139 Å². The van der Waals surface area contributed by atoms with Crippen LogP contribution in [0.25, 0.3) is 0 Å². The fraction of sp³-hybridized carbons (Fsp3) is 0.562. The highest BCUT2D eigenvalue weighted by atomic mass is 16.6. The zero-order chi connectivity index (χ0) is 17.4. The van der Waals surface area contributed by atoms with Gasteiger partial charge in [-0.3, -0.25) is 10.1 Å². The smallest absolute Gasteiger partial charge is 0.407 e. The quantitative estimate of drug-likeness (QED) is 0.671. The third kappa shape index (κ3) is 2.83. The van der Waals surface area contributed by atoms with Gasteiger partial charge in [0.2, 0.25) is 0 Å². The van der Waals surface area contributed by atoms with E-state index in [1.807, 2.05) is 6.92 Å². The normalized spacial score (nSPS) is 20.8. The first-order valence-electron chi connectivity index (χ1n) is 8.03. The average molecular weight is 335 g/mol. The van der Waals surface area contributed by atoms with E-state index in [4.69, 9.17) is 4.74 Å². The molecule has 1 saturated heterocycles. The molecule has 8 nitrogen and oxygen atoms in total. The third-order valence-corrected chi connectivity index (χ3v) is 4.75. The molecule has 1 aliphatic heterocycles. The molecule has 1 aliphatic carbocycles. The third-order valence-electron chi connectivity index (χ3n) is 4.75. The highest BCUT2D eigenvalue weighted by Gasteiger charge is 2.37. The van der Waals surface area contributed by atoms with Gasteiger partial charge in [-0.2, -0.15) is 0 Å². The van der Waals surface area contributed by atoms with Crippen LogP contribution in [0.3, 0.4) is 0 Å². The van der Waals surface area contributed by atoms with Crippen molar-refractivity contribution in [2.24, 2.45) is 0 Å². The molecule has 1 atom stereocenters. The summed E-state index contributed by atoms with van der Waals surface area (Å²) < 4.78 is 5.56. The summed E-state index contributed by atoms with van der Waals surface area (Å²) in [6.07, 6.45) is 0.949. The number of hydrogen-bond donors (Lipinski definition) is 1. The van der Waals surface area contributed by atoms with Gasteiger partial charge >= 0.3 is 6.09 Å². The van der Waals surface area contributed by atoms with Gasteiger partial charge in [-0.05, 0) is 31.7 Å². The minimum absolute atomic E-state index is 0.107. The molecule has 2 fully saturated rings. The molecular weight excluding hydrogens is 314 g/mol. The van der Waals surface area contributed by atoms with Crippen LogP contribution in [-0.4, -0.2) is 53.8 Å². The number of nitro groups is 1. The Morgan fingerprint density at radius 2 is 2.08 bits per heavy atom. The van der Waals surface area contributed by atoms with Crippen molar-refractivity contribution in [1.29, 1.82) is 0 Å². The fourth-order valence-electron chi connectivity index (χ4n) is 3.43. The number of anilines is 1. The number of methoxy groups -OCH3 is 1. The first-order chi connectivity index (χ1) is 11.4. The number of benzene rings is 1. The Morgan fingerprint density at radius 3 is 2.58 bits per heavy atom. The van der Waals surface area contributed by atoms with Gasteiger partial charge in [0.05, 0.1) is 23.3 Å². The van der Waals surface area contributed by atoms with Gasteiger partial charge in [0.15, 0.2) is 5.75 Å². The Kier molecular flexibility index (Phi) is 4.21. The molecule has 0 radical (unpaired) electrons. The van der Waals surface area contributed by atoms with Gasteiger partial charge in [-0.25, -0.2) is 4.79 Å². The predicted octanol–water partition coefficient (Wildman–Crippen LogP) is 2.67. The standard InChI is InChI=1S/C16H21N3O5/c1-10-9-17(7-8-18(10)16(20)21)13-6-5-12(19(22)23)14(11-3-4-11)15(13)24-2/h5-6,10-11H,3-4,7-9H2,1-2H3,(H,20,21)/t10-/m1/s1. The number of nitro benzene ring substituents is 1. The monoisotopic (exact) mass is 335 g/mol. The molecule has 1 heterocycles. The van der Waals surface area contributed by atoms with Crippen LogP contribution in [-0.2, 0) is 0 Å². The lowest BCUT2D eigenvalue weighted by molar-refractivity contribution is -0.385. The van der Waals surface area contributed by atoms with Crippen molar-refractivity contribution in [2.45, 2.75) is 31.7 Å². The molecule has 24 heavy (non-hydrogen) atoms. The van der Waals surface area contributed by atoms with Gasteiger partial charge in [-0.15, -0.1) is 0 Å². The molecule has 0 bridgehead atoms.